The molecule has 2 nitrogen and oxygen atoms in total. The summed E-state index contributed by atoms with van der Waals surface area (Å²) >= 11 is 0. The molecule has 1 heterocycles. The van der Waals surface area contributed by atoms with Crippen molar-refractivity contribution in [3.8, 4) is 0 Å². The van der Waals surface area contributed by atoms with E-state index in [1.54, 1.807) is 6.08 Å². The first-order valence-corrected chi connectivity index (χ1v) is 6.26. The molecule has 1 amide bonds. The summed E-state index contributed by atoms with van der Waals surface area (Å²) < 4.78 is 0. The lowest BCUT2D eigenvalue weighted by Gasteiger charge is -2.43. The van der Waals surface area contributed by atoms with Gasteiger partial charge in [-0.1, -0.05) is 18.9 Å². The number of carbonyl (C=O) groups excluding carboxylic acids is 1. The van der Waals surface area contributed by atoms with Crippen molar-refractivity contribution in [1.82, 2.24) is 4.90 Å². The number of hydrogen-bond acceptors (Lipinski definition) is 1. The monoisotopic (exact) mass is 207 g/mol. The molecule has 2 fully saturated rings. The SMILES string of the molecule is C/C=C/C(=O)N1CCCC2CCCCC21. The Morgan fingerprint density at radius 1 is 1.20 bits per heavy atom. The van der Waals surface area contributed by atoms with Crippen molar-refractivity contribution in [2.45, 2.75) is 51.5 Å². The minimum absolute atomic E-state index is 0.231. The summed E-state index contributed by atoms with van der Waals surface area (Å²) in [5, 5.41) is 0. The van der Waals surface area contributed by atoms with E-state index in [0.29, 0.717) is 6.04 Å². The highest BCUT2D eigenvalue weighted by Gasteiger charge is 2.34. The third-order valence-corrected chi connectivity index (χ3v) is 3.84. The van der Waals surface area contributed by atoms with Crippen molar-refractivity contribution in [3.05, 3.63) is 12.2 Å². The average Bonchev–Trinajstić information content (AvgIpc) is 2.28. The highest BCUT2D eigenvalue weighted by atomic mass is 16.2. The van der Waals surface area contributed by atoms with Gasteiger partial charge in [-0.25, -0.2) is 0 Å². The molecule has 0 radical (unpaired) electrons. The second-order valence-corrected chi connectivity index (χ2v) is 4.79. The molecule has 2 unspecified atom stereocenters. The minimum Gasteiger partial charge on any atom is -0.336 e. The van der Waals surface area contributed by atoms with Gasteiger partial charge in [0.2, 0.25) is 5.91 Å². The van der Waals surface area contributed by atoms with Crippen molar-refractivity contribution in [1.29, 1.82) is 0 Å². The van der Waals surface area contributed by atoms with E-state index in [1.165, 1.54) is 38.5 Å². The maximum Gasteiger partial charge on any atom is 0.246 e. The Hall–Kier alpha value is -0.790. The van der Waals surface area contributed by atoms with Crippen LogP contribution in [-0.4, -0.2) is 23.4 Å². The highest BCUT2D eigenvalue weighted by Crippen LogP contribution is 2.35. The lowest BCUT2D eigenvalue weighted by Crippen LogP contribution is -2.49. The number of likely N-dealkylation sites (tertiary alicyclic amines) is 1. The minimum atomic E-state index is 0.231. The third-order valence-electron chi connectivity index (χ3n) is 3.84. The molecule has 1 aliphatic carbocycles. The van der Waals surface area contributed by atoms with Gasteiger partial charge in [0, 0.05) is 12.6 Å². The van der Waals surface area contributed by atoms with Gasteiger partial charge in [-0.2, -0.15) is 0 Å². The van der Waals surface area contributed by atoms with Gasteiger partial charge in [0.15, 0.2) is 0 Å². The van der Waals surface area contributed by atoms with E-state index < -0.39 is 0 Å². The zero-order valence-electron chi connectivity index (χ0n) is 9.61. The van der Waals surface area contributed by atoms with Crippen LogP contribution in [0, 0.1) is 5.92 Å². The Kier molecular flexibility index (Phi) is 3.45. The molecule has 1 saturated carbocycles. The number of carbonyl (C=O) groups is 1. The predicted octanol–water partition coefficient (Wildman–Crippen LogP) is 2.74. The quantitative estimate of drug-likeness (QED) is 0.605. The molecule has 2 aliphatic rings. The topological polar surface area (TPSA) is 20.3 Å². The Labute approximate surface area is 92.3 Å². The fourth-order valence-electron chi connectivity index (χ4n) is 3.14. The number of amides is 1. The number of fused-ring (bicyclic) bond motifs is 1. The van der Waals surface area contributed by atoms with E-state index in [4.69, 9.17) is 0 Å². The standard InChI is InChI=1S/C13H21NO/c1-2-6-13(15)14-10-5-8-11-7-3-4-9-12(11)14/h2,6,11-12H,3-5,7-10H2,1H3/b6-2+. The summed E-state index contributed by atoms with van der Waals surface area (Å²) in [4.78, 5) is 14.0. The first-order chi connectivity index (χ1) is 7.33. The van der Waals surface area contributed by atoms with Crippen LogP contribution in [0.5, 0.6) is 0 Å². The van der Waals surface area contributed by atoms with Gasteiger partial charge in [0.1, 0.15) is 0 Å². The molecule has 2 rings (SSSR count). The van der Waals surface area contributed by atoms with Crippen LogP contribution in [0.3, 0.4) is 0 Å². The number of nitrogens with zero attached hydrogens (tertiary/aromatic N) is 1. The summed E-state index contributed by atoms with van der Waals surface area (Å²) in [5.41, 5.74) is 0. The second kappa shape index (κ2) is 4.82. The van der Waals surface area contributed by atoms with Crippen LogP contribution < -0.4 is 0 Å². The normalized spacial score (nSPS) is 31.7. The number of rotatable bonds is 1. The summed E-state index contributed by atoms with van der Waals surface area (Å²) in [6.45, 7) is 2.89. The van der Waals surface area contributed by atoms with Crippen LogP contribution in [0.15, 0.2) is 12.2 Å². The molecule has 0 bridgehead atoms. The lowest BCUT2D eigenvalue weighted by atomic mass is 9.78. The van der Waals surface area contributed by atoms with E-state index in [9.17, 15) is 4.79 Å². The van der Waals surface area contributed by atoms with Crippen molar-refractivity contribution < 1.29 is 4.79 Å². The van der Waals surface area contributed by atoms with Gasteiger partial charge < -0.3 is 4.90 Å². The molecule has 84 valence electrons. The number of allylic oxidation sites excluding steroid dienone is 1. The van der Waals surface area contributed by atoms with Crippen LogP contribution in [0.4, 0.5) is 0 Å². The van der Waals surface area contributed by atoms with Gasteiger partial charge in [-0.15, -0.1) is 0 Å². The Morgan fingerprint density at radius 2 is 1.93 bits per heavy atom. The Balaban J connectivity index is 2.06. The highest BCUT2D eigenvalue weighted by molar-refractivity contribution is 5.87. The maximum atomic E-state index is 11.9. The van der Waals surface area contributed by atoms with Crippen molar-refractivity contribution in [2.75, 3.05) is 6.54 Å². The molecular formula is C13H21NO. The third kappa shape index (κ3) is 2.24. The maximum absolute atomic E-state index is 11.9. The van der Waals surface area contributed by atoms with Crippen LogP contribution in [0.1, 0.15) is 45.4 Å². The van der Waals surface area contributed by atoms with Gasteiger partial charge in [-0.3, -0.25) is 4.79 Å². The van der Waals surface area contributed by atoms with Crippen LogP contribution in [-0.2, 0) is 4.79 Å². The molecule has 0 aromatic carbocycles. The van der Waals surface area contributed by atoms with Gasteiger partial charge in [0.25, 0.3) is 0 Å². The molecule has 0 spiro atoms. The predicted molar refractivity (Wildman–Crippen MR) is 61.5 cm³/mol. The smallest absolute Gasteiger partial charge is 0.246 e. The van der Waals surface area contributed by atoms with Gasteiger partial charge in [0.05, 0.1) is 0 Å². The molecule has 2 atom stereocenters. The van der Waals surface area contributed by atoms with E-state index >= 15 is 0 Å². The molecule has 0 aromatic rings. The largest absolute Gasteiger partial charge is 0.336 e. The first-order valence-electron chi connectivity index (χ1n) is 6.26. The van der Waals surface area contributed by atoms with Crippen molar-refractivity contribution in [2.24, 2.45) is 5.92 Å². The molecule has 1 saturated heterocycles. The Morgan fingerprint density at radius 3 is 2.73 bits per heavy atom. The van der Waals surface area contributed by atoms with Gasteiger partial charge >= 0.3 is 0 Å². The van der Waals surface area contributed by atoms with Crippen LogP contribution >= 0.6 is 0 Å². The number of hydrogen-bond donors (Lipinski definition) is 0. The lowest BCUT2D eigenvalue weighted by molar-refractivity contribution is -0.132. The van der Waals surface area contributed by atoms with Crippen molar-refractivity contribution in [3.63, 3.8) is 0 Å². The van der Waals surface area contributed by atoms with E-state index in [0.717, 1.165) is 12.5 Å². The fourth-order valence-corrected chi connectivity index (χ4v) is 3.14. The summed E-state index contributed by atoms with van der Waals surface area (Å²) in [5.74, 6) is 1.02. The summed E-state index contributed by atoms with van der Waals surface area (Å²) in [6.07, 6.45) is 11.4. The number of piperidine rings is 1. The van der Waals surface area contributed by atoms with Crippen molar-refractivity contribution >= 4 is 5.91 Å². The molecule has 0 N–H and O–H groups in total. The Bertz CT molecular complexity index is 257. The van der Waals surface area contributed by atoms with E-state index in [-0.39, 0.29) is 5.91 Å². The van der Waals surface area contributed by atoms with E-state index in [2.05, 4.69) is 4.90 Å². The zero-order valence-corrected chi connectivity index (χ0v) is 9.61. The molecule has 2 heteroatoms. The van der Waals surface area contributed by atoms with Gasteiger partial charge in [-0.05, 0) is 44.6 Å². The molecular weight excluding hydrogens is 186 g/mol. The molecule has 15 heavy (non-hydrogen) atoms. The van der Waals surface area contributed by atoms with E-state index in [1.807, 2.05) is 13.0 Å². The second-order valence-electron chi connectivity index (χ2n) is 4.79. The molecule has 1 aliphatic heterocycles. The fraction of sp³-hybridized carbons (Fsp3) is 0.769. The van der Waals surface area contributed by atoms with Crippen LogP contribution in [0.25, 0.3) is 0 Å². The average molecular weight is 207 g/mol. The summed E-state index contributed by atoms with van der Waals surface area (Å²) in [7, 11) is 0. The summed E-state index contributed by atoms with van der Waals surface area (Å²) in [6, 6.07) is 0.552. The zero-order chi connectivity index (χ0) is 10.7. The molecule has 0 aromatic heterocycles. The van der Waals surface area contributed by atoms with Crippen LogP contribution in [0.2, 0.25) is 0 Å². The first kappa shape index (κ1) is 10.7.